The second-order valence-electron chi connectivity index (χ2n) is 6.78. The SMILES string of the molecule is C=CC(C)(C)Oc1cc(OC)cc(CCc2ccccc2)c1C(=O)OCC. The van der Waals surface area contributed by atoms with Crippen LogP contribution in [0, 0.1) is 0 Å². The third-order valence-corrected chi connectivity index (χ3v) is 4.26. The molecule has 0 radical (unpaired) electrons. The maximum absolute atomic E-state index is 12.7. The van der Waals surface area contributed by atoms with E-state index >= 15 is 0 Å². The van der Waals surface area contributed by atoms with Crippen molar-refractivity contribution < 1.29 is 19.0 Å². The topological polar surface area (TPSA) is 44.8 Å². The Morgan fingerprint density at radius 1 is 1.15 bits per heavy atom. The second kappa shape index (κ2) is 9.26. The largest absolute Gasteiger partial charge is 0.497 e. The molecule has 0 aromatic heterocycles. The summed E-state index contributed by atoms with van der Waals surface area (Å²) in [5.74, 6) is 0.694. The van der Waals surface area contributed by atoms with E-state index in [0.29, 0.717) is 30.1 Å². The van der Waals surface area contributed by atoms with Crippen molar-refractivity contribution >= 4 is 5.97 Å². The van der Waals surface area contributed by atoms with E-state index in [1.54, 1.807) is 26.2 Å². The first-order valence-corrected chi connectivity index (χ1v) is 9.14. The molecule has 0 unspecified atom stereocenters. The van der Waals surface area contributed by atoms with Crippen LogP contribution >= 0.6 is 0 Å². The minimum Gasteiger partial charge on any atom is -0.497 e. The molecule has 27 heavy (non-hydrogen) atoms. The van der Waals surface area contributed by atoms with Gasteiger partial charge in [0.15, 0.2) is 0 Å². The summed E-state index contributed by atoms with van der Waals surface area (Å²) in [5, 5.41) is 0. The molecule has 0 N–H and O–H groups in total. The summed E-state index contributed by atoms with van der Waals surface area (Å²) < 4.78 is 16.8. The minimum atomic E-state index is -0.635. The van der Waals surface area contributed by atoms with Gasteiger partial charge in [-0.05, 0) is 56.9 Å². The molecule has 0 aliphatic heterocycles. The zero-order valence-electron chi connectivity index (χ0n) is 16.6. The molecule has 0 aliphatic rings. The zero-order valence-corrected chi connectivity index (χ0v) is 16.6. The number of carbonyl (C=O) groups excluding carboxylic acids is 1. The molecular formula is C23H28O4. The number of methoxy groups -OCH3 is 1. The monoisotopic (exact) mass is 368 g/mol. The average Bonchev–Trinajstić information content (AvgIpc) is 2.66. The van der Waals surface area contributed by atoms with Gasteiger partial charge in [0.1, 0.15) is 22.7 Å². The molecule has 0 bridgehead atoms. The molecule has 2 aromatic rings. The highest BCUT2D eigenvalue weighted by molar-refractivity contribution is 5.94. The van der Waals surface area contributed by atoms with Crippen molar-refractivity contribution in [3.05, 3.63) is 71.8 Å². The molecule has 4 heteroatoms. The molecule has 0 spiro atoms. The van der Waals surface area contributed by atoms with Crippen LogP contribution in [0.15, 0.2) is 55.1 Å². The van der Waals surface area contributed by atoms with Crippen LogP contribution < -0.4 is 9.47 Å². The summed E-state index contributed by atoms with van der Waals surface area (Å²) in [7, 11) is 1.60. The van der Waals surface area contributed by atoms with Crippen LogP contribution in [0.1, 0.15) is 42.3 Å². The molecule has 0 amide bonds. The Hall–Kier alpha value is -2.75. The molecule has 4 nitrogen and oxygen atoms in total. The first-order valence-electron chi connectivity index (χ1n) is 9.14. The van der Waals surface area contributed by atoms with E-state index in [9.17, 15) is 4.79 Å². The van der Waals surface area contributed by atoms with Crippen LogP contribution in [0.2, 0.25) is 0 Å². The summed E-state index contributed by atoms with van der Waals surface area (Å²) in [6.45, 7) is 9.67. The van der Waals surface area contributed by atoms with E-state index in [2.05, 4.69) is 18.7 Å². The molecule has 0 aliphatic carbocycles. The lowest BCUT2D eigenvalue weighted by Crippen LogP contribution is -2.26. The van der Waals surface area contributed by atoms with Crippen molar-refractivity contribution in [2.24, 2.45) is 0 Å². The van der Waals surface area contributed by atoms with E-state index in [1.165, 1.54) is 5.56 Å². The van der Waals surface area contributed by atoms with E-state index in [-0.39, 0.29) is 0 Å². The Morgan fingerprint density at radius 3 is 2.44 bits per heavy atom. The molecule has 0 heterocycles. The smallest absolute Gasteiger partial charge is 0.342 e. The summed E-state index contributed by atoms with van der Waals surface area (Å²) in [6, 6.07) is 13.8. The van der Waals surface area contributed by atoms with Gasteiger partial charge in [0.2, 0.25) is 0 Å². The minimum absolute atomic E-state index is 0.299. The number of carbonyl (C=O) groups is 1. The lowest BCUT2D eigenvalue weighted by molar-refractivity contribution is 0.0514. The van der Waals surface area contributed by atoms with Crippen LogP contribution in [0.4, 0.5) is 0 Å². The molecule has 0 atom stereocenters. The van der Waals surface area contributed by atoms with Gasteiger partial charge in [0.25, 0.3) is 0 Å². The lowest BCUT2D eigenvalue weighted by Gasteiger charge is -2.25. The van der Waals surface area contributed by atoms with E-state index < -0.39 is 11.6 Å². The predicted molar refractivity (Wildman–Crippen MR) is 108 cm³/mol. The fourth-order valence-corrected chi connectivity index (χ4v) is 2.72. The van der Waals surface area contributed by atoms with E-state index in [4.69, 9.17) is 14.2 Å². The van der Waals surface area contributed by atoms with Gasteiger partial charge in [0, 0.05) is 6.07 Å². The summed E-state index contributed by atoms with van der Waals surface area (Å²) in [5.41, 5.74) is 1.85. The quantitative estimate of drug-likeness (QED) is 0.461. The lowest BCUT2D eigenvalue weighted by atomic mass is 9.98. The number of hydrogen-bond acceptors (Lipinski definition) is 4. The number of benzene rings is 2. The Morgan fingerprint density at radius 2 is 1.85 bits per heavy atom. The van der Waals surface area contributed by atoms with Crippen LogP contribution in [0.3, 0.4) is 0 Å². The van der Waals surface area contributed by atoms with E-state index in [0.717, 1.165) is 12.0 Å². The normalized spacial score (nSPS) is 11.0. The van der Waals surface area contributed by atoms with Crippen molar-refractivity contribution in [1.29, 1.82) is 0 Å². The fourth-order valence-electron chi connectivity index (χ4n) is 2.72. The molecule has 0 saturated carbocycles. The van der Waals surface area contributed by atoms with Crippen LogP contribution in [-0.2, 0) is 17.6 Å². The highest BCUT2D eigenvalue weighted by atomic mass is 16.5. The molecule has 2 aromatic carbocycles. The summed E-state index contributed by atoms with van der Waals surface area (Å²) in [4.78, 5) is 12.7. The average molecular weight is 368 g/mol. The third-order valence-electron chi connectivity index (χ3n) is 4.26. The number of hydrogen-bond donors (Lipinski definition) is 0. The second-order valence-corrected chi connectivity index (χ2v) is 6.78. The van der Waals surface area contributed by atoms with Gasteiger partial charge in [-0.3, -0.25) is 0 Å². The van der Waals surface area contributed by atoms with Crippen molar-refractivity contribution in [3.8, 4) is 11.5 Å². The molecule has 2 rings (SSSR count). The molecular weight excluding hydrogens is 340 g/mol. The predicted octanol–water partition coefficient (Wildman–Crippen LogP) is 5.00. The number of esters is 1. The van der Waals surface area contributed by atoms with Crippen molar-refractivity contribution in [1.82, 2.24) is 0 Å². The Bertz CT molecular complexity index is 778. The van der Waals surface area contributed by atoms with Crippen molar-refractivity contribution in [2.75, 3.05) is 13.7 Å². The van der Waals surface area contributed by atoms with Gasteiger partial charge < -0.3 is 14.2 Å². The van der Waals surface area contributed by atoms with Crippen molar-refractivity contribution in [2.45, 2.75) is 39.2 Å². The van der Waals surface area contributed by atoms with Gasteiger partial charge in [0.05, 0.1) is 13.7 Å². The molecule has 144 valence electrons. The summed E-state index contributed by atoms with van der Waals surface area (Å²) in [6.07, 6.45) is 3.16. The van der Waals surface area contributed by atoms with Crippen molar-refractivity contribution in [3.63, 3.8) is 0 Å². The Kier molecular flexibility index (Phi) is 7.05. The number of rotatable bonds is 9. The maximum atomic E-state index is 12.7. The van der Waals surface area contributed by atoms with Crippen LogP contribution in [0.25, 0.3) is 0 Å². The molecule has 0 saturated heterocycles. The van der Waals surface area contributed by atoms with Crippen LogP contribution in [-0.4, -0.2) is 25.3 Å². The highest BCUT2D eigenvalue weighted by Crippen LogP contribution is 2.33. The van der Waals surface area contributed by atoms with Gasteiger partial charge in [-0.2, -0.15) is 0 Å². The van der Waals surface area contributed by atoms with Gasteiger partial charge in [-0.1, -0.05) is 36.9 Å². The Labute approximate surface area is 161 Å². The Balaban J connectivity index is 2.47. The molecule has 0 fully saturated rings. The summed E-state index contributed by atoms with van der Waals surface area (Å²) >= 11 is 0. The first kappa shape index (κ1) is 20.6. The van der Waals surface area contributed by atoms with Gasteiger partial charge in [-0.25, -0.2) is 4.79 Å². The number of ether oxygens (including phenoxy) is 3. The fraction of sp³-hybridized carbons (Fsp3) is 0.348. The first-order chi connectivity index (χ1) is 12.9. The third kappa shape index (κ3) is 5.61. The van der Waals surface area contributed by atoms with E-state index in [1.807, 2.05) is 38.1 Å². The zero-order chi connectivity index (χ0) is 19.9. The van der Waals surface area contributed by atoms with Gasteiger partial charge >= 0.3 is 5.97 Å². The van der Waals surface area contributed by atoms with Gasteiger partial charge in [-0.15, -0.1) is 0 Å². The standard InChI is InChI=1S/C23H28O4/c1-6-23(3,4)27-20-16-19(25-5)15-18(21(20)22(24)26-7-2)14-13-17-11-9-8-10-12-17/h6,8-12,15-16H,1,7,13-14H2,2-5H3. The number of aryl methyl sites for hydroxylation is 2. The van der Waals surface area contributed by atoms with Crippen LogP contribution in [0.5, 0.6) is 11.5 Å². The highest BCUT2D eigenvalue weighted by Gasteiger charge is 2.25. The maximum Gasteiger partial charge on any atom is 0.342 e.